The zero-order valence-electron chi connectivity index (χ0n) is 10.2. The predicted molar refractivity (Wildman–Crippen MR) is 72.7 cm³/mol. The lowest BCUT2D eigenvalue weighted by Gasteiger charge is -1.91. The highest BCUT2D eigenvalue weighted by Crippen LogP contribution is 2.18. The van der Waals surface area contributed by atoms with Crippen molar-refractivity contribution in [2.45, 2.75) is 6.92 Å². The minimum atomic E-state index is 0.439. The molecular formula is C15H14N2O. The number of benzene rings is 1. The summed E-state index contributed by atoms with van der Waals surface area (Å²) in [6, 6.07) is 9.70. The third-order valence-corrected chi connectivity index (χ3v) is 2.33. The van der Waals surface area contributed by atoms with E-state index in [-0.39, 0.29) is 0 Å². The fourth-order valence-electron chi connectivity index (χ4n) is 1.41. The molecule has 0 aliphatic rings. The summed E-state index contributed by atoms with van der Waals surface area (Å²) in [6.07, 6.45) is 7.57. The molecule has 0 saturated carbocycles. The van der Waals surface area contributed by atoms with Gasteiger partial charge in [-0.3, -0.25) is 0 Å². The van der Waals surface area contributed by atoms with Crippen LogP contribution in [0.25, 0.3) is 17.0 Å². The van der Waals surface area contributed by atoms with Crippen molar-refractivity contribution < 1.29 is 4.52 Å². The van der Waals surface area contributed by atoms with E-state index in [0.29, 0.717) is 17.3 Å². The predicted octanol–water partition coefficient (Wildman–Crippen LogP) is 3.88. The van der Waals surface area contributed by atoms with Crippen molar-refractivity contribution in [2.75, 3.05) is 0 Å². The molecule has 0 atom stereocenters. The van der Waals surface area contributed by atoms with E-state index < -0.39 is 0 Å². The van der Waals surface area contributed by atoms with E-state index in [2.05, 4.69) is 16.7 Å². The van der Waals surface area contributed by atoms with Gasteiger partial charge in [0, 0.05) is 11.1 Å². The van der Waals surface area contributed by atoms with E-state index in [1.165, 1.54) is 0 Å². The lowest BCUT2D eigenvalue weighted by atomic mass is 10.2. The number of allylic oxidation sites excluding steroid dienone is 5. The molecule has 0 radical (unpaired) electrons. The summed E-state index contributed by atoms with van der Waals surface area (Å²) < 4.78 is 5.18. The van der Waals surface area contributed by atoms with Gasteiger partial charge in [-0.25, -0.2) is 0 Å². The fraction of sp³-hybridized carbons (Fsp3) is 0.0667. The first-order chi connectivity index (χ1) is 8.81. The molecule has 1 aromatic carbocycles. The SMILES string of the molecule is C=C(/C=C\C=C/C)c1nc(-c2ccccc2)no1. The Bertz CT molecular complexity index is 580. The maximum Gasteiger partial charge on any atom is 0.257 e. The second kappa shape index (κ2) is 5.77. The van der Waals surface area contributed by atoms with E-state index in [1.54, 1.807) is 0 Å². The van der Waals surface area contributed by atoms with Crippen LogP contribution < -0.4 is 0 Å². The standard InChI is InChI=1S/C15H14N2O/c1-3-4-6-9-12(2)15-16-14(17-18-15)13-10-7-5-8-11-13/h3-11H,2H2,1H3/b4-3-,9-6-. The first-order valence-electron chi connectivity index (χ1n) is 5.69. The number of hydrogen-bond donors (Lipinski definition) is 0. The van der Waals surface area contributed by atoms with Crippen LogP contribution in [0.3, 0.4) is 0 Å². The van der Waals surface area contributed by atoms with Crippen LogP contribution in [0.15, 0.2) is 65.7 Å². The van der Waals surface area contributed by atoms with Crippen LogP contribution in [-0.2, 0) is 0 Å². The van der Waals surface area contributed by atoms with Crippen LogP contribution >= 0.6 is 0 Å². The Morgan fingerprint density at radius 1 is 1.22 bits per heavy atom. The molecule has 0 spiro atoms. The highest BCUT2D eigenvalue weighted by atomic mass is 16.5. The number of nitrogens with zero attached hydrogens (tertiary/aromatic N) is 2. The van der Waals surface area contributed by atoms with Crippen LogP contribution in [-0.4, -0.2) is 10.1 Å². The van der Waals surface area contributed by atoms with Crippen molar-refractivity contribution >= 4 is 5.57 Å². The van der Waals surface area contributed by atoms with Crippen LogP contribution in [0.2, 0.25) is 0 Å². The molecule has 0 saturated heterocycles. The Morgan fingerprint density at radius 2 is 2.00 bits per heavy atom. The normalized spacial score (nSPS) is 11.4. The van der Waals surface area contributed by atoms with Crippen molar-refractivity contribution in [2.24, 2.45) is 0 Å². The maximum absolute atomic E-state index is 5.18. The molecule has 2 aromatic rings. The van der Waals surface area contributed by atoms with Crippen LogP contribution in [0, 0.1) is 0 Å². The summed E-state index contributed by atoms with van der Waals surface area (Å²) in [5, 5.41) is 3.94. The molecule has 3 nitrogen and oxygen atoms in total. The number of aromatic nitrogens is 2. The number of rotatable bonds is 4. The Labute approximate surface area is 106 Å². The van der Waals surface area contributed by atoms with Crippen LogP contribution in [0.4, 0.5) is 0 Å². The summed E-state index contributed by atoms with van der Waals surface area (Å²) in [7, 11) is 0. The maximum atomic E-state index is 5.18. The average Bonchev–Trinajstić information content (AvgIpc) is 2.89. The molecule has 0 aliphatic heterocycles. The molecule has 2 rings (SSSR count). The van der Waals surface area contributed by atoms with Crippen molar-refractivity contribution in [3.63, 3.8) is 0 Å². The second-order valence-electron chi connectivity index (χ2n) is 3.70. The van der Waals surface area contributed by atoms with Crippen molar-refractivity contribution in [1.29, 1.82) is 0 Å². The molecule has 0 aliphatic carbocycles. The lowest BCUT2D eigenvalue weighted by molar-refractivity contribution is 0.409. The molecule has 3 heteroatoms. The largest absolute Gasteiger partial charge is 0.334 e. The Balaban J connectivity index is 2.18. The summed E-state index contributed by atoms with van der Waals surface area (Å²) >= 11 is 0. The van der Waals surface area contributed by atoms with E-state index in [9.17, 15) is 0 Å². The smallest absolute Gasteiger partial charge is 0.257 e. The Hall–Kier alpha value is -2.42. The van der Waals surface area contributed by atoms with Crippen molar-refractivity contribution in [3.05, 3.63) is 67.1 Å². The molecule has 0 amide bonds. The zero-order chi connectivity index (χ0) is 12.8. The van der Waals surface area contributed by atoms with Gasteiger partial charge in [-0.15, -0.1) is 0 Å². The van der Waals surface area contributed by atoms with Gasteiger partial charge in [-0.05, 0) is 6.92 Å². The third kappa shape index (κ3) is 2.83. The van der Waals surface area contributed by atoms with E-state index in [4.69, 9.17) is 4.52 Å². The summed E-state index contributed by atoms with van der Waals surface area (Å²) in [6.45, 7) is 5.84. The first kappa shape index (κ1) is 12.0. The van der Waals surface area contributed by atoms with E-state index in [0.717, 1.165) is 5.56 Å². The van der Waals surface area contributed by atoms with Crippen molar-refractivity contribution in [3.8, 4) is 11.4 Å². The molecule has 0 bridgehead atoms. The molecule has 0 fully saturated rings. The van der Waals surface area contributed by atoms with Gasteiger partial charge in [-0.2, -0.15) is 4.98 Å². The minimum Gasteiger partial charge on any atom is -0.334 e. The highest BCUT2D eigenvalue weighted by Gasteiger charge is 2.08. The molecule has 90 valence electrons. The summed E-state index contributed by atoms with van der Waals surface area (Å²) in [5.41, 5.74) is 1.63. The molecular weight excluding hydrogens is 224 g/mol. The van der Waals surface area contributed by atoms with E-state index >= 15 is 0 Å². The molecule has 0 unspecified atom stereocenters. The summed E-state index contributed by atoms with van der Waals surface area (Å²) in [5.74, 6) is 1.01. The molecule has 1 heterocycles. The van der Waals surface area contributed by atoms with Crippen LogP contribution in [0.5, 0.6) is 0 Å². The topological polar surface area (TPSA) is 38.9 Å². The second-order valence-corrected chi connectivity index (χ2v) is 3.70. The van der Waals surface area contributed by atoms with Gasteiger partial charge in [0.1, 0.15) is 0 Å². The number of hydrogen-bond acceptors (Lipinski definition) is 3. The fourth-order valence-corrected chi connectivity index (χ4v) is 1.41. The van der Waals surface area contributed by atoms with Gasteiger partial charge in [0.05, 0.1) is 0 Å². The van der Waals surface area contributed by atoms with Gasteiger partial charge >= 0.3 is 0 Å². The van der Waals surface area contributed by atoms with Crippen LogP contribution in [0.1, 0.15) is 12.8 Å². The average molecular weight is 238 g/mol. The summed E-state index contributed by atoms with van der Waals surface area (Å²) in [4.78, 5) is 4.31. The first-order valence-corrected chi connectivity index (χ1v) is 5.69. The van der Waals surface area contributed by atoms with E-state index in [1.807, 2.05) is 61.6 Å². The Morgan fingerprint density at radius 3 is 2.72 bits per heavy atom. The van der Waals surface area contributed by atoms with Gasteiger partial charge < -0.3 is 4.52 Å². The monoisotopic (exact) mass is 238 g/mol. The van der Waals surface area contributed by atoms with Gasteiger partial charge in [0.15, 0.2) is 0 Å². The quantitative estimate of drug-likeness (QED) is 0.759. The van der Waals surface area contributed by atoms with Crippen molar-refractivity contribution in [1.82, 2.24) is 10.1 Å². The zero-order valence-corrected chi connectivity index (χ0v) is 10.2. The lowest BCUT2D eigenvalue weighted by Crippen LogP contribution is -1.81. The molecule has 0 N–H and O–H groups in total. The Kier molecular flexibility index (Phi) is 3.86. The third-order valence-electron chi connectivity index (χ3n) is 2.33. The highest BCUT2D eigenvalue weighted by molar-refractivity contribution is 5.67. The molecule has 18 heavy (non-hydrogen) atoms. The van der Waals surface area contributed by atoms with Gasteiger partial charge in [0.2, 0.25) is 5.82 Å². The minimum absolute atomic E-state index is 0.439. The van der Waals surface area contributed by atoms with Gasteiger partial charge in [-0.1, -0.05) is 66.4 Å². The van der Waals surface area contributed by atoms with Gasteiger partial charge in [0.25, 0.3) is 5.89 Å². The molecule has 1 aromatic heterocycles.